The van der Waals surface area contributed by atoms with Crippen molar-refractivity contribution in [3.63, 3.8) is 0 Å². The summed E-state index contributed by atoms with van der Waals surface area (Å²) in [5.74, 6) is 1.04. The van der Waals surface area contributed by atoms with Gasteiger partial charge in [0.05, 0.1) is 4.92 Å². The van der Waals surface area contributed by atoms with Gasteiger partial charge in [-0.3, -0.25) is 14.9 Å². The van der Waals surface area contributed by atoms with E-state index in [9.17, 15) is 14.9 Å². The quantitative estimate of drug-likeness (QED) is 0.488. The zero-order chi connectivity index (χ0) is 14.7. The molecule has 20 heavy (non-hydrogen) atoms. The maximum absolute atomic E-state index is 12.1. The number of carbonyl (C=O) groups excluding carboxylic acids is 1. The first-order valence-corrected chi connectivity index (χ1v) is 7.48. The van der Waals surface area contributed by atoms with Crippen molar-refractivity contribution >= 4 is 28.3 Å². The highest BCUT2D eigenvalue weighted by Crippen LogP contribution is 2.25. The van der Waals surface area contributed by atoms with E-state index in [1.165, 1.54) is 12.1 Å². The SMILES string of the molecule is C[C@H]1C[C@H](C)CN(C(=O)/C=C/c2ccc([N+](=O)[O-])s2)C1. The number of hydrogen-bond donors (Lipinski definition) is 0. The predicted octanol–water partition coefficient (Wildman–Crippen LogP) is 3.17. The molecular formula is C14H18N2O3S. The Morgan fingerprint density at radius 1 is 1.40 bits per heavy atom. The van der Waals surface area contributed by atoms with Gasteiger partial charge < -0.3 is 4.90 Å². The van der Waals surface area contributed by atoms with Crippen LogP contribution in [0.25, 0.3) is 6.08 Å². The lowest BCUT2D eigenvalue weighted by atomic mass is 9.92. The van der Waals surface area contributed by atoms with Gasteiger partial charge in [-0.05, 0) is 30.4 Å². The molecule has 5 nitrogen and oxygen atoms in total. The highest BCUT2D eigenvalue weighted by molar-refractivity contribution is 7.16. The molecule has 0 aromatic carbocycles. The fraction of sp³-hybridized carbons (Fsp3) is 0.500. The summed E-state index contributed by atoms with van der Waals surface area (Å²) in [6.07, 6.45) is 4.33. The van der Waals surface area contributed by atoms with E-state index in [1.54, 1.807) is 12.1 Å². The number of nitrogens with zero attached hydrogens (tertiary/aromatic N) is 2. The number of carbonyl (C=O) groups is 1. The van der Waals surface area contributed by atoms with Gasteiger partial charge in [-0.15, -0.1) is 0 Å². The molecule has 2 rings (SSSR count). The molecule has 1 aromatic rings. The molecule has 0 spiro atoms. The third-order valence-electron chi connectivity index (χ3n) is 3.36. The van der Waals surface area contributed by atoms with E-state index >= 15 is 0 Å². The monoisotopic (exact) mass is 294 g/mol. The van der Waals surface area contributed by atoms with E-state index in [2.05, 4.69) is 13.8 Å². The second kappa shape index (κ2) is 6.17. The Balaban J connectivity index is 1.99. The second-order valence-electron chi connectivity index (χ2n) is 5.46. The normalized spacial score (nSPS) is 23.2. The molecule has 1 aliphatic heterocycles. The van der Waals surface area contributed by atoms with Gasteiger partial charge in [-0.2, -0.15) is 0 Å². The van der Waals surface area contributed by atoms with E-state index in [-0.39, 0.29) is 10.9 Å². The van der Waals surface area contributed by atoms with Crippen molar-refractivity contribution in [1.29, 1.82) is 0 Å². The second-order valence-corrected chi connectivity index (χ2v) is 6.55. The minimum absolute atomic E-state index is 0.0144. The molecule has 1 fully saturated rings. The molecule has 0 aliphatic carbocycles. The first-order valence-electron chi connectivity index (χ1n) is 6.67. The van der Waals surface area contributed by atoms with E-state index in [1.807, 2.05) is 4.90 Å². The van der Waals surface area contributed by atoms with Crippen molar-refractivity contribution in [3.05, 3.63) is 33.2 Å². The molecule has 6 heteroatoms. The van der Waals surface area contributed by atoms with Crippen LogP contribution in [0, 0.1) is 22.0 Å². The van der Waals surface area contributed by atoms with Gasteiger partial charge in [-0.25, -0.2) is 0 Å². The summed E-state index contributed by atoms with van der Waals surface area (Å²) < 4.78 is 0. The third kappa shape index (κ3) is 3.66. The highest BCUT2D eigenvalue weighted by atomic mass is 32.1. The van der Waals surface area contributed by atoms with Crippen molar-refractivity contribution < 1.29 is 9.72 Å². The predicted molar refractivity (Wildman–Crippen MR) is 79.5 cm³/mol. The van der Waals surface area contributed by atoms with Crippen molar-refractivity contribution in [3.8, 4) is 0 Å². The van der Waals surface area contributed by atoms with Gasteiger partial charge >= 0.3 is 5.00 Å². The summed E-state index contributed by atoms with van der Waals surface area (Å²) in [4.78, 5) is 24.9. The fourth-order valence-corrected chi connectivity index (χ4v) is 3.36. The van der Waals surface area contributed by atoms with E-state index in [0.717, 1.165) is 35.7 Å². The summed E-state index contributed by atoms with van der Waals surface area (Å²) in [5.41, 5.74) is 0. The van der Waals surface area contributed by atoms with E-state index < -0.39 is 4.92 Å². The lowest BCUT2D eigenvalue weighted by Crippen LogP contribution is -2.41. The van der Waals surface area contributed by atoms with Crippen LogP contribution < -0.4 is 0 Å². The molecule has 1 aromatic heterocycles. The van der Waals surface area contributed by atoms with Crippen LogP contribution in [0.1, 0.15) is 25.1 Å². The number of amides is 1. The molecule has 0 unspecified atom stereocenters. The van der Waals surface area contributed by atoms with Crippen molar-refractivity contribution in [2.75, 3.05) is 13.1 Å². The average molecular weight is 294 g/mol. The van der Waals surface area contributed by atoms with Gasteiger partial charge in [0, 0.05) is 30.1 Å². The van der Waals surface area contributed by atoms with Crippen LogP contribution in [0.5, 0.6) is 0 Å². The number of likely N-dealkylation sites (tertiary alicyclic amines) is 1. The van der Waals surface area contributed by atoms with Crippen LogP contribution in [-0.4, -0.2) is 28.8 Å². The summed E-state index contributed by atoms with van der Waals surface area (Å²) in [6, 6.07) is 3.12. The molecule has 2 heterocycles. The standard InChI is InChI=1S/C14H18N2O3S/c1-10-7-11(2)9-15(8-10)13(17)5-3-12-4-6-14(20-12)16(18)19/h3-6,10-11H,7-9H2,1-2H3/b5-3+/t10-,11-/m0/s1. The third-order valence-corrected chi connectivity index (χ3v) is 4.37. The number of hydrogen-bond acceptors (Lipinski definition) is 4. The summed E-state index contributed by atoms with van der Waals surface area (Å²) in [7, 11) is 0. The Hall–Kier alpha value is -1.69. The first kappa shape index (κ1) is 14.7. The van der Waals surface area contributed by atoms with Gasteiger partial charge in [0.25, 0.3) is 0 Å². The lowest BCUT2D eigenvalue weighted by Gasteiger charge is -2.34. The largest absolute Gasteiger partial charge is 0.339 e. The van der Waals surface area contributed by atoms with Crippen molar-refractivity contribution in [2.24, 2.45) is 11.8 Å². The van der Waals surface area contributed by atoms with Crippen LogP contribution in [-0.2, 0) is 4.79 Å². The summed E-state index contributed by atoms with van der Waals surface area (Å²) in [5, 5.41) is 10.7. The molecule has 0 saturated carbocycles. The Morgan fingerprint density at radius 3 is 2.60 bits per heavy atom. The minimum Gasteiger partial charge on any atom is -0.339 e. The Kier molecular flexibility index (Phi) is 4.54. The number of piperidine rings is 1. The molecule has 2 atom stereocenters. The van der Waals surface area contributed by atoms with Crippen LogP contribution in [0.4, 0.5) is 5.00 Å². The molecule has 0 N–H and O–H groups in total. The van der Waals surface area contributed by atoms with Crippen LogP contribution in [0.2, 0.25) is 0 Å². The number of thiophene rings is 1. The number of rotatable bonds is 3. The molecule has 1 saturated heterocycles. The molecule has 108 valence electrons. The molecule has 0 bridgehead atoms. The van der Waals surface area contributed by atoms with E-state index in [4.69, 9.17) is 0 Å². The minimum atomic E-state index is -0.419. The van der Waals surface area contributed by atoms with Crippen molar-refractivity contribution in [2.45, 2.75) is 20.3 Å². The maximum atomic E-state index is 12.1. The van der Waals surface area contributed by atoms with Gasteiger partial charge in [0.1, 0.15) is 0 Å². The van der Waals surface area contributed by atoms with Crippen LogP contribution in [0.15, 0.2) is 18.2 Å². The smallest absolute Gasteiger partial charge is 0.324 e. The van der Waals surface area contributed by atoms with Gasteiger partial charge in [0.15, 0.2) is 0 Å². The van der Waals surface area contributed by atoms with Crippen molar-refractivity contribution in [1.82, 2.24) is 4.90 Å². The van der Waals surface area contributed by atoms with Crippen LogP contribution in [0.3, 0.4) is 0 Å². The van der Waals surface area contributed by atoms with Gasteiger partial charge in [-0.1, -0.05) is 25.2 Å². The Morgan fingerprint density at radius 2 is 2.05 bits per heavy atom. The lowest BCUT2D eigenvalue weighted by molar-refractivity contribution is -0.380. The topological polar surface area (TPSA) is 63.5 Å². The first-order chi connectivity index (χ1) is 9.45. The maximum Gasteiger partial charge on any atom is 0.324 e. The summed E-state index contributed by atoms with van der Waals surface area (Å²) >= 11 is 1.07. The average Bonchev–Trinajstić information content (AvgIpc) is 2.83. The molecule has 1 amide bonds. The molecule has 0 radical (unpaired) electrons. The highest BCUT2D eigenvalue weighted by Gasteiger charge is 2.24. The zero-order valence-corrected chi connectivity index (χ0v) is 12.4. The molecule has 1 aliphatic rings. The number of nitro groups is 1. The fourth-order valence-electron chi connectivity index (χ4n) is 2.63. The zero-order valence-electron chi connectivity index (χ0n) is 11.6. The van der Waals surface area contributed by atoms with Gasteiger partial charge in [0.2, 0.25) is 5.91 Å². The Bertz CT molecular complexity index is 528. The summed E-state index contributed by atoms with van der Waals surface area (Å²) in [6.45, 7) is 5.89. The molecular weight excluding hydrogens is 276 g/mol. The van der Waals surface area contributed by atoms with E-state index in [0.29, 0.717) is 11.8 Å². The Labute approximate surface area is 122 Å². The van der Waals surface area contributed by atoms with Crippen LogP contribution >= 0.6 is 11.3 Å².